The summed E-state index contributed by atoms with van der Waals surface area (Å²) in [7, 11) is 0. The molecule has 2 N–H and O–H groups in total. The number of benzene rings is 1. The summed E-state index contributed by atoms with van der Waals surface area (Å²) in [5, 5.41) is 12.1. The highest BCUT2D eigenvalue weighted by Gasteiger charge is 2.18. The van der Waals surface area contributed by atoms with Gasteiger partial charge in [0.2, 0.25) is 0 Å². The fourth-order valence-electron chi connectivity index (χ4n) is 1.58. The Morgan fingerprint density at radius 2 is 2.05 bits per heavy atom. The van der Waals surface area contributed by atoms with Gasteiger partial charge in [0.1, 0.15) is 0 Å². The Balaban J connectivity index is 2.71. The van der Waals surface area contributed by atoms with E-state index in [0.29, 0.717) is 5.56 Å². The van der Waals surface area contributed by atoms with Gasteiger partial charge < -0.3 is 15.2 Å². The van der Waals surface area contributed by atoms with Crippen molar-refractivity contribution in [1.29, 1.82) is 0 Å². The third kappa shape index (κ3) is 4.49. The number of amides is 1. The number of carbonyl (C=O) groups excluding carboxylic acids is 1. The molecule has 3 atom stereocenters. The predicted molar refractivity (Wildman–Crippen MR) is 75.0 cm³/mol. The molecule has 0 aliphatic heterocycles. The van der Waals surface area contributed by atoms with Gasteiger partial charge in [0.15, 0.2) is 17.7 Å². The zero-order valence-corrected chi connectivity index (χ0v) is 12.3. The van der Waals surface area contributed by atoms with E-state index in [-0.39, 0.29) is 17.7 Å². The summed E-state index contributed by atoms with van der Waals surface area (Å²) in [6.45, 7) is 6.98. The summed E-state index contributed by atoms with van der Waals surface area (Å²) in [6.07, 6.45) is -0.712. The third-order valence-corrected chi connectivity index (χ3v) is 3.11. The van der Waals surface area contributed by atoms with Crippen molar-refractivity contribution in [3.8, 4) is 5.75 Å². The molecule has 0 spiro atoms. The van der Waals surface area contributed by atoms with Crippen LogP contribution in [0.15, 0.2) is 18.2 Å². The van der Waals surface area contributed by atoms with Gasteiger partial charge in [0, 0.05) is 6.04 Å². The van der Waals surface area contributed by atoms with Gasteiger partial charge in [0.25, 0.3) is 5.91 Å². The standard InChI is InChI=1S/C15H22FNO3/c1-5-9(2)17-15(19)11(4)20-14-7-6-12(10(3)18)8-13(14)16/h6-11,18H,5H2,1-4H3,(H,17,19)/t9?,10-,11?/m1/s1. The van der Waals surface area contributed by atoms with E-state index in [2.05, 4.69) is 5.32 Å². The first-order chi connectivity index (χ1) is 9.35. The molecule has 0 bridgehead atoms. The molecule has 1 aromatic carbocycles. The van der Waals surface area contributed by atoms with Crippen LogP contribution in [-0.2, 0) is 4.79 Å². The number of nitrogens with one attached hydrogen (secondary N) is 1. The summed E-state index contributed by atoms with van der Waals surface area (Å²) in [5.41, 5.74) is 0.464. The Labute approximate surface area is 119 Å². The largest absolute Gasteiger partial charge is 0.478 e. The first-order valence-corrected chi connectivity index (χ1v) is 6.79. The van der Waals surface area contributed by atoms with Crippen LogP contribution in [0.1, 0.15) is 45.8 Å². The second-order valence-corrected chi connectivity index (χ2v) is 4.94. The van der Waals surface area contributed by atoms with Crippen LogP contribution < -0.4 is 10.1 Å². The Morgan fingerprint density at radius 1 is 1.40 bits per heavy atom. The maximum atomic E-state index is 13.8. The summed E-state index contributed by atoms with van der Waals surface area (Å²) in [4.78, 5) is 11.8. The van der Waals surface area contributed by atoms with Crippen molar-refractivity contribution in [2.45, 2.75) is 52.4 Å². The zero-order valence-electron chi connectivity index (χ0n) is 12.3. The molecule has 1 aromatic rings. The van der Waals surface area contributed by atoms with Crippen LogP contribution in [0.25, 0.3) is 0 Å². The van der Waals surface area contributed by atoms with Crippen LogP contribution in [-0.4, -0.2) is 23.2 Å². The van der Waals surface area contributed by atoms with Gasteiger partial charge in [-0.25, -0.2) is 4.39 Å². The van der Waals surface area contributed by atoms with Crippen molar-refractivity contribution < 1.29 is 19.0 Å². The number of rotatable bonds is 6. The van der Waals surface area contributed by atoms with Crippen molar-refractivity contribution in [1.82, 2.24) is 5.32 Å². The SMILES string of the molecule is CCC(C)NC(=O)C(C)Oc1ccc([C@@H](C)O)cc1F. The number of halogens is 1. The predicted octanol–water partition coefficient (Wildman–Crippen LogP) is 2.56. The lowest BCUT2D eigenvalue weighted by atomic mass is 10.1. The van der Waals surface area contributed by atoms with Crippen molar-refractivity contribution >= 4 is 5.91 Å². The Bertz CT molecular complexity index is 462. The molecule has 5 heteroatoms. The molecule has 0 aromatic heterocycles. The second kappa shape index (κ2) is 7.24. The summed E-state index contributed by atoms with van der Waals surface area (Å²) in [5.74, 6) is -0.869. The lowest BCUT2D eigenvalue weighted by Crippen LogP contribution is -2.41. The summed E-state index contributed by atoms with van der Waals surface area (Å²) in [6, 6.07) is 4.25. The van der Waals surface area contributed by atoms with Crippen molar-refractivity contribution in [3.63, 3.8) is 0 Å². The molecule has 2 unspecified atom stereocenters. The average molecular weight is 283 g/mol. The van der Waals surface area contributed by atoms with Gasteiger partial charge >= 0.3 is 0 Å². The maximum Gasteiger partial charge on any atom is 0.260 e. The average Bonchev–Trinajstić information content (AvgIpc) is 2.40. The van der Waals surface area contributed by atoms with Crippen molar-refractivity contribution in [2.75, 3.05) is 0 Å². The molecular weight excluding hydrogens is 261 g/mol. The molecule has 0 aliphatic rings. The van der Waals surface area contributed by atoms with E-state index >= 15 is 0 Å². The van der Waals surface area contributed by atoms with Crippen molar-refractivity contribution in [3.05, 3.63) is 29.6 Å². The van der Waals surface area contributed by atoms with Crippen LogP contribution in [0.4, 0.5) is 4.39 Å². The van der Waals surface area contributed by atoms with Crippen molar-refractivity contribution in [2.24, 2.45) is 0 Å². The van der Waals surface area contributed by atoms with Gasteiger partial charge in [0.05, 0.1) is 6.10 Å². The number of hydrogen-bond donors (Lipinski definition) is 2. The minimum Gasteiger partial charge on any atom is -0.478 e. The molecule has 0 radical (unpaired) electrons. The number of aliphatic hydroxyl groups is 1. The normalized spacial score (nSPS) is 15.3. The van der Waals surface area contributed by atoms with Gasteiger partial charge in [-0.3, -0.25) is 4.79 Å². The van der Waals surface area contributed by atoms with E-state index in [4.69, 9.17) is 4.74 Å². The van der Waals surface area contributed by atoms with Crippen LogP contribution in [0.3, 0.4) is 0 Å². The van der Waals surface area contributed by atoms with E-state index in [1.54, 1.807) is 19.9 Å². The quantitative estimate of drug-likeness (QED) is 0.843. The van der Waals surface area contributed by atoms with E-state index < -0.39 is 18.0 Å². The lowest BCUT2D eigenvalue weighted by molar-refractivity contribution is -0.127. The molecule has 0 aliphatic carbocycles. The highest BCUT2D eigenvalue weighted by molar-refractivity contribution is 5.80. The van der Waals surface area contributed by atoms with Gasteiger partial charge in [-0.2, -0.15) is 0 Å². The number of hydrogen-bond acceptors (Lipinski definition) is 3. The molecule has 1 amide bonds. The van der Waals surface area contributed by atoms with E-state index in [9.17, 15) is 14.3 Å². The van der Waals surface area contributed by atoms with Gasteiger partial charge in [-0.15, -0.1) is 0 Å². The maximum absolute atomic E-state index is 13.8. The fourth-order valence-corrected chi connectivity index (χ4v) is 1.58. The van der Waals surface area contributed by atoms with Crippen LogP contribution in [0.5, 0.6) is 5.75 Å². The Kier molecular flexibility index (Phi) is 5.95. The molecule has 0 saturated heterocycles. The monoisotopic (exact) mass is 283 g/mol. The first-order valence-electron chi connectivity index (χ1n) is 6.79. The topological polar surface area (TPSA) is 58.6 Å². The molecule has 0 heterocycles. The summed E-state index contributed by atoms with van der Waals surface area (Å²) < 4.78 is 19.1. The minimum atomic E-state index is -0.782. The van der Waals surface area contributed by atoms with Crippen LogP contribution >= 0.6 is 0 Å². The van der Waals surface area contributed by atoms with E-state index in [1.165, 1.54) is 12.1 Å². The molecule has 20 heavy (non-hydrogen) atoms. The van der Waals surface area contributed by atoms with Crippen LogP contribution in [0.2, 0.25) is 0 Å². The smallest absolute Gasteiger partial charge is 0.260 e. The van der Waals surface area contributed by atoms with Gasteiger partial charge in [-0.1, -0.05) is 13.0 Å². The van der Waals surface area contributed by atoms with E-state index in [1.807, 2.05) is 13.8 Å². The molecule has 1 rings (SSSR count). The fraction of sp³-hybridized carbons (Fsp3) is 0.533. The molecular formula is C15H22FNO3. The first kappa shape index (κ1) is 16.4. The molecule has 112 valence electrons. The van der Waals surface area contributed by atoms with Gasteiger partial charge in [-0.05, 0) is 44.9 Å². The minimum absolute atomic E-state index is 0.00111. The Hall–Kier alpha value is -1.62. The third-order valence-electron chi connectivity index (χ3n) is 3.11. The second-order valence-electron chi connectivity index (χ2n) is 4.94. The Morgan fingerprint density at radius 3 is 2.55 bits per heavy atom. The number of ether oxygens (including phenoxy) is 1. The lowest BCUT2D eigenvalue weighted by Gasteiger charge is -2.18. The molecule has 0 saturated carbocycles. The number of aliphatic hydroxyl groups excluding tert-OH is 1. The summed E-state index contributed by atoms with van der Waals surface area (Å²) >= 11 is 0. The number of carbonyl (C=O) groups is 1. The molecule has 4 nitrogen and oxygen atoms in total. The molecule has 0 fully saturated rings. The highest BCUT2D eigenvalue weighted by Crippen LogP contribution is 2.22. The van der Waals surface area contributed by atoms with E-state index in [0.717, 1.165) is 6.42 Å². The highest BCUT2D eigenvalue weighted by atomic mass is 19.1. The van der Waals surface area contributed by atoms with Crippen LogP contribution in [0, 0.1) is 5.82 Å². The zero-order chi connectivity index (χ0) is 15.3.